The van der Waals surface area contributed by atoms with Crippen LogP contribution in [0.15, 0.2) is 18.3 Å². The maximum Gasteiger partial charge on any atom is 0.101 e. The van der Waals surface area contributed by atoms with Crippen LogP contribution in [0.3, 0.4) is 0 Å². The van der Waals surface area contributed by atoms with Gasteiger partial charge in [0, 0.05) is 6.20 Å². The van der Waals surface area contributed by atoms with Crippen molar-refractivity contribution in [2.24, 2.45) is 0 Å². The molecule has 1 rings (SSSR count). The Labute approximate surface area is 79.4 Å². The molecular formula is C8H7IN2. The summed E-state index contributed by atoms with van der Waals surface area (Å²) in [5.41, 5.74) is 1.63. The highest BCUT2D eigenvalue weighted by Gasteiger charge is 2.00. The van der Waals surface area contributed by atoms with Crippen LogP contribution in [0, 0.1) is 11.3 Å². The highest BCUT2D eigenvalue weighted by molar-refractivity contribution is 14.1. The van der Waals surface area contributed by atoms with Gasteiger partial charge in [-0.05, 0) is 19.1 Å². The minimum absolute atomic E-state index is 0.403. The first kappa shape index (κ1) is 8.47. The fourth-order valence-electron chi connectivity index (χ4n) is 0.707. The van der Waals surface area contributed by atoms with E-state index in [1.54, 1.807) is 12.3 Å². The van der Waals surface area contributed by atoms with Gasteiger partial charge in [0.1, 0.15) is 6.07 Å². The van der Waals surface area contributed by atoms with Gasteiger partial charge < -0.3 is 0 Å². The average Bonchev–Trinajstić information content (AvgIpc) is 2.05. The molecule has 0 aromatic carbocycles. The van der Waals surface area contributed by atoms with Crippen LogP contribution in [0.2, 0.25) is 0 Å². The lowest BCUT2D eigenvalue weighted by atomic mass is 10.2. The molecule has 0 saturated carbocycles. The normalized spacial score (nSPS) is 12.1. The second-order valence-corrected chi connectivity index (χ2v) is 4.07. The van der Waals surface area contributed by atoms with Crippen molar-refractivity contribution in [1.82, 2.24) is 4.98 Å². The van der Waals surface area contributed by atoms with Crippen molar-refractivity contribution in [2.75, 3.05) is 0 Å². The highest BCUT2D eigenvalue weighted by atomic mass is 127. The third-order valence-electron chi connectivity index (χ3n) is 1.32. The van der Waals surface area contributed by atoms with Crippen LogP contribution in [-0.4, -0.2) is 4.98 Å². The van der Waals surface area contributed by atoms with Crippen molar-refractivity contribution in [3.8, 4) is 6.07 Å². The van der Waals surface area contributed by atoms with Crippen LogP contribution in [0.5, 0.6) is 0 Å². The molecule has 1 unspecified atom stereocenters. The number of alkyl halides is 1. The van der Waals surface area contributed by atoms with Crippen molar-refractivity contribution in [3.63, 3.8) is 0 Å². The number of nitrogens with zero attached hydrogens (tertiary/aromatic N) is 2. The minimum Gasteiger partial charge on any atom is -0.259 e. The molecule has 0 aliphatic heterocycles. The summed E-state index contributed by atoms with van der Waals surface area (Å²) in [6, 6.07) is 5.70. The van der Waals surface area contributed by atoms with Gasteiger partial charge in [-0.3, -0.25) is 4.98 Å². The molecule has 0 saturated heterocycles. The molecule has 0 spiro atoms. The molecular weight excluding hydrogens is 251 g/mol. The van der Waals surface area contributed by atoms with E-state index in [4.69, 9.17) is 5.26 Å². The lowest BCUT2D eigenvalue weighted by molar-refractivity contribution is 1.04. The summed E-state index contributed by atoms with van der Waals surface area (Å²) in [7, 11) is 0. The molecule has 2 nitrogen and oxygen atoms in total. The first-order chi connectivity index (χ1) is 5.24. The van der Waals surface area contributed by atoms with Gasteiger partial charge in [0.15, 0.2) is 0 Å². The Morgan fingerprint density at radius 1 is 1.64 bits per heavy atom. The lowest BCUT2D eigenvalue weighted by Crippen LogP contribution is -1.88. The van der Waals surface area contributed by atoms with Gasteiger partial charge in [0.25, 0.3) is 0 Å². The van der Waals surface area contributed by atoms with Crippen LogP contribution in [0.1, 0.15) is 22.1 Å². The van der Waals surface area contributed by atoms with E-state index in [1.807, 2.05) is 12.1 Å². The molecule has 1 aromatic rings. The summed E-state index contributed by atoms with van der Waals surface area (Å²) in [5, 5.41) is 8.48. The number of hydrogen-bond acceptors (Lipinski definition) is 2. The Balaban J connectivity index is 2.94. The van der Waals surface area contributed by atoms with E-state index in [0.29, 0.717) is 9.49 Å². The third-order valence-corrected chi connectivity index (χ3v) is 1.96. The second-order valence-electron chi connectivity index (χ2n) is 2.20. The standard InChI is InChI=1S/C8H7IN2/c1-6(9)8-3-2-7(4-10)5-11-8/h2-3,5-6H,1H3. The third kappa shape index (κ3) is 2.15. The molecule has 0 bridgehead atoms. The predicted molar refractivity (Wildman–Crippen MR) is 51.4 cm³/mol. The predicted octanol–water partition coefficient (Wildman–Crippen LogP) is 2.45. The Morgan fingerprint density at radius 3 is 2.73 bits per heavy atom. The lowest BCUT2D eigenvalue weighted by Gasteiger charge is -2.00. The number of rotatable bonds is 1. The molecule has 1 aromatic heterocycles. The molecule has 0 N–H and O–H groups in total. The first-order valence-corrected chi connectivity index (χ1v) is 4.48. The van der Waals surface area contributed by atoms with Crippen molar-refractivity contribution < 1.29 is 0 Å². The number of pyridine rings is 1. The molecule has 3 heteroatoms. The van der Waals surface area contributed by atoms with Crippen LogP contribution < -0.4 is 0 Å². The van der Waals surface area contributed by atoms with Crippen LogP contribution in [0.4, 0.5) is 0 Å². The Morgan fingerprint density at radius 2 is 2.36 bits per heavy atom. The topological polar surface area (TPSA) is 36.7 Å². The monoisotopic (exact) mass is 258 g/mol. The van der Waals surface area contributed by atoms with Crippen molar-refractivity contribution >= 4 is 22.6 Å². The van der Waals surface area contributed by atoms with E-state index >= 15 is 0 Å². The van der Waals surface area contributed by atoms with E-state index in [-0.39, 0.29) is 0 Å². The Kier molecular flexibility index (Phi) is 2.83. The molecule has 0 amide bonds. The highest BCUT2D eigenvalue weighted by Crippen LogP contribution is 2.19. The summed E-state index contributed by atoms with van der Waals surface area (Å²) >= 11 is 2.29. The van der Waals surface area contributed by atoms with Crippen LogP contribution in [0.25, 0.3) is 0 Å². The zero-order valence-electron chi connectivity index (χ0n) is 6.08. The molecule has 0 radical (unpaired) electrons. The van der Waals surface area contributed by atoms with Gasteiger partial charge in [0.2, 0.25) is 0 Å². The van der Waals surface area contributed by atoms with Crippen molar-refractivity contribution in [2.45, 2.75) is 10.8 Å². The number of nitriles is 1. The maximum absolute atomic E-state index is 8.48. The molecule has 0 aliphatic rings. The summed E-state index contributed by atoms with van der Waals surface area (Å²) in [6.45, 7) is 2.06. The van der Waals surface area contributed by atoms with E-state index in [2.05, 4.69) is 34.5 Å². The largest absolute Gasteiger partial charge is 0.259 e. The second kappa shape index (κ2) is 3.67. The van der Waals surface area contributed by atoms with Crippen molar-refractivity contribution in [3.05, 3.63) is 29.6 Å². The smallest absolute Gasteiger partial charge is 0.101 e. The van der Waals surface area contributed by atoms with Gasteiger partial charge in [0.05, 0.1) is 15.2 Å². The summed E-state index contributed by atoms with van der Waals surface area (Å²) in [4.78, 5) is 4.12. The molecule has 0 fully saturated rings. The summed E-state index contributed by atoms with van der Waals surface area (Å²) in [5.74, 6) is 0. The maximum atomic E-state index is 8.48. The van der Waals surface area contributed by atoms with Crippen LogP contribution in [-0.2, 0) is 0 Å². The van der Waals surface area contributed by atoms with E-state index in [0.717, 1.165) is 5.69 Å². The molecule has 0 aliphatic carbocycles. The number of halogens is 1. The molecule has 56 valence electrons. The number of hydrogen-bond donors (Lipinski definition) is 0. The first-order valence-electron chi connectivity index (χ1n) is 3.24. The van der Waals surface area contributed by atoms with E-state index in [1.165, 1.54) is 0 Å². The SMILES string of the molecule is CC(I)c1ccc(C#N)cn1. The minimum atomic E-state index is 0.403. The van der Waals surface area contributed by atoms with Crippen LogP contribution >= 0.6 is 22.6 Å². The van der Waals surface area contributed by atoms with Gasteiger partial charge in [-0.1, -0.05) is 22.6 Å². The van der Waals surface area contributed by atoms with Gasteiger partial charge >= 0.3 is 0 Å². The fraction of sp³-hybridized carbons (Fsp3) is 0.250. The molecule has 1 atom stereocenters. The van der Waals surface area contributed by atoms with Gasteiger partial charge in [-0.2, -0.15) is 5.26 Å². The zero-order chi connectivity index (χ0) is 8.27. The van der Waals surface area contributed by atoms with Crippen molar-refractivity contribution in [1.29, 1.82) is 5.26 Å². The zero-order valence-corrected chi connectivity index (χ0v) is 8.24. The Hall–Kier alpha value is -0.630. The summed E-state index contributed by atoms with van der Waals surface area (Å²) < 4.78 is 0.403. The van der Waals surface area contributed by atoms with E-state index < -0.39 is 0 Å². The molecule has 11 heavy (non-hydrogen) atoms. The summed E-state index contributed by atoms with van der Waals surface area (Å²) in [6.07, 6.45) is 1.60. The number of aromatic nitrogens is 1. The van der Waals surface area contributed by atoms with Gasteiger partial charge in [-0.15, -0.1) is 0 Å². The van der Waals surface area contributed by atoms with Gasteiger partial charge in [-0.25, -0.2) is 0 Å². The fourth-order valence-corrected chi connectivity index (χ4v) is 1.08. The quantitative estimate of drug-likeness (QED) is 0.573. The van der Waals surface area contributed by atoms with E-state index in [9.17, 15) is 0 Å². The molecule has 1 heterocycles. The average molecular weight is 258 g/mol. The Bertz CT molecular complexity index is 271.